The third-order valence-corrected chi connectivity index (χ3v) is 13.3. The molecule has 26 heteroatoms. The number of hydrogen-bond donors (Lipinski definition) is 1. The topological polar surface area (TPSA) is 257 Å². The third-order valence-electron chi connectivity index (χ3n) is 13.3. The normalized spacial score (nSPS) is 11.8. The molecule has 0 amide bonds. The third kappa shape index (κ3) is 91.0. The van der Waals surface area contributed by atoms with E-state index in [4.69, 9.17) is 124 Å². The summed E-state index contributed by atoms with van der Waals surface area (Å²) < 4.78 is 138. The maximum atomic E-state index is 5.71. The molecule has 0 unspecified atom stereocenters. The van der Waals surface area contributed by atoms with Crippen LogP contribution in [0.2, 0.25) is 0 Å². The molecular formula is C68H139NO25. The van der Waals surface area contributed by atoms with Crippen LogP contribution in [-0.2, 0) is 118 Å². The lowest BCUT2D eigenvalue weighted by molar-refractivity contribution is -0.0321. The Balaban J connectivity index is 3.09. The summed E-state index contributed by atoms with van der Waals surface area (Å²) in [5.41, 5.74) is 5.35. The van der Waals surface area contributed by atoms with Gasteiger partial charge in [-0.05, 0) is 6.42 Å². The summed E-state index contributed by atoms with van der Waals surface area (Å²) in [7, 11) is 0. The molecule has 0 spiro atoms. The summed E-state index contributed by atoms with van der Waals surface area (Å²) in [6.45, 7) is 28.5. The number of nitrogens with two attached hydrogens (primary N) is 1. The molecule has 0 aromatic rings. The summed E-state index contributed by atoms with van der Waals surface area (Å²) >= 11 is 0. The van der Waals surface area contributed by atoms with Crippen LogP contribution in [-0.4, -0.2) is 337 Å². The molecule has 0 saturated carbocycles. The van der Waals surface area contributed by atoms with E-state index in [1.807, 2.05) is 0 Å². The summed E-state index contributed by atoms with van der Waals surface area (Å²) in [6, 6.07) is 0. The van der Waals surface area contributed by atoms with Crippen LogP contribution in [0.1, 0.15) is 110 Å². The van der Waals surface area contributed by atoms with E-state index in [2.05, 4.69) is 6.92 Å². The van der Waals surface area contributed by atoms with Crippen LogP contribution in [0.4, 0.5) is 0 Å². The molecule has 0 radical (unpaired) electrons. The molecule has 0 rings (SSSR count). The molecule has 0 heterocycles. The van der Waals surface area contributed by atoms with Gasteiger partial charge < -0.3 is 124 Å². The standard InChI is InChI=1S/C68H139NO25/c1-2-3-4-5-6-7-8-9-10-11-12-13-14-15-16-17-19-70-21-23-72-25-27-74-29-31-76-33-35-78-37-39-80-41-43-82-45-47-84-49-51-86-53-55-88-57-59-90-61-63-92-65-67-94-68-66-93-64-62-91-60-58-89-56-54-87-52-50-85-48-46-83-44-42-81-40-38-79-36-34-77-32-30-75-28-26-73-24-22-71-20-18-69/h2-69H2,1H3. The number of ether oxygens (including phenoxy) is 25. The van der Waals surface area contributed by atoms with Gasteiger partial charge in [0.1, 0.15) is 0 Å². The van der Waals surface area contributed by atoms with Gasteiger partial charge in [-0.2, -0.15) is 0 Å². The van der Waals surface area contributed by atoms with E-state index in [0.29, 0.717) is 330 Å². The summed E-state index contributed by atoms with van der Waals surface area (Å²) in [5, 5.41) is 0. The first-order valence-corrected chi connectivity index (χ1v) is 36.0. The maximum absolute atomic E-state index is 5.71. The predicted molar refractivity (Wildman–Crippen MR) is 359 cm³/mol. The van der Waals surface area contributed by atoms with Crippen LogP contribution < -0.4 is 5.73 Å². The lowest BCUT2D eigenvalue weighted by Gasteiger charge is -2.09. The van der Waals surface area contributed by atoms with Crippen molar-refractivity contribution in [2.24, 2.45) is 5.73 Å². The van der Waals surface area contributed by atoms with Gasteiger partial charge in [-0.15, -0.1) is 0 Å². The molecule has 0 aromatic heterocycles. The number of rotatable bonds is 91. The van der Waals surface area contributed by atoms with Crippen molar-refractivity contribution < 1.29 is 118 Å². The minimum absolute atomic E-state index is 0.486. The van der Waals surface area contributed by atoms with Crippen molar-refractivity contribution in [1.82, 2.24) is 0 Å². The van der Waals surface area contributed by atoms with Gasteiger partial charge in [0.05, 0.1) is 324 Å². The smallest absolute Gasteiger partial charge is 0.0701 e. The van der Waals surface area contributed by atoms with Crippen molar-refractivity contribution in [2.75, 3.05) is 337 Å². The fourth-order valence-corrected chi connectivity index (χ4v) is 8.22. The Morgan fingerprint density at radius 1 is 0.117 bits per heavy atom. The minimum atomic E-state index is 0.486. The molecule has 2 N–H and O–H groups in total. The minimum Gasteiger partial charge on any atom is -0.379 e. The fraction of sp³-hybridized carbons (Fsp3) is 1.00. The molecule has 26 nitrogen and oxygen atoms in total. The molecule has 0 aliphatic carbocycles. The zero-order chi connectivity index (χ0) is 67.1. The molecule has 0 atom stereocenters. The fourth-order valence-electron chi connectivity index (χ4n) is 8.22. The van der Waals surface area contributed by atoms with Crippen molar-refractivity contribution in [3.05, 3.63) is 0 Å². The Morgan fingerprint density at radius 2 is 0.213 bits per heavy atom. The zero-order valence-electron chi connectivity index (χ0n) is 59.2. The van der Waals surface area contributed by atoms with Gasteiger partial charge in [0.2, 0.25) is 0 Å². The highest BCUT2D eigenvalue weighted by Gasteiger charge is 2.02. The highest BCUT2D eigenvalue weighted by Crippen LogP contribution is 2.14. The highest BCUT2D eigenvalue weighted by molar-refractivity contribution is 4.51. The lowest BCUT2D eigenvalue weighted by Crippen LogP contribution is -2.16. The highest BCUT2D eigenvalue weighted by atomic mass is 16.6. The Labute approximate surface area is 568 Å². The number of unbranched alkanes of at least 4 members (excludes halogenated alkanes) is 15. The Bertz CT molecular complexity index is 1190. The van der Waals surface area contributed by atoms with Crippen LogP contribution in [0.25, 0.3) is 0 Å². The van der Waals surface area contributed by atoms with E-state index in [-0.39, 0.29) is 0 Å². The Morgan fingerprint density at radius 3 is 0.330 bits per heavy atom. The molecular weight excluding hydrogens is 1230 g/mol. The first-order chi connectivity index (χ1) is 46.9. The Hall–Kier alpha value is -1.04. The molecule has 566 valence electrons. The average molecular weight is 1370 g/mol. The second-order valence-corrected chi connectivity index (χ2v) is 21.4. The summed E-state index contributed by atoms with van der Waals surface area (Å²) in [5.74, 6) is 0. The van der Waals surface area contributed by atoms with Crippen molar-refractivity contribution in [1.29, 1.82) is 0 Å². The summed E-state index contributed by atoms with van der Waals surface area (Å²) in [4.78, 5) is 0. The average Bonchev–Trinajstić information content (AvgIpc) is 3.59. The molecule has 0 bridgehead atoms. The SMILES string of the molecule is CCCCCCCCCCCCCCCCCCOCCOCCOCCOCCOCCOCCOCCOCCOCCOCCOCCOCCOCCOCCOCCOCCOCCOCCOCCOCCOCCOCCOCCOCCOCCN. The van der Waals surface area contributed by atoms with E-state index < -0.39 is 0 Å². The lowest BCUT2D eigenvalue weighted by atomic mass is 10.0. The first kappa shape index (κ1) is 93.0. The van der Waals surface area contributed by atoms with E-state index >= 15 is 0 Å². The van der Waals surface area contributed by atoms with Gasteiger partial charge in [0.25, 0.3) is 0 Å². The van der Waals surface area contributed by atoms with Gasteiger partial charge in [0, 0.05) is 13.2 Å². The monoisotopic (exact) mass is 1370 g/mol. The van der Waals surface area contributed by atoms with Gasteiger partial charge in [0.15, 0.2) is 0 Å². The van der Waals surface area contributed by atoms with Crippen molar-refractivity contribution in [3.8, 4) is 0 Å². The van der Waals surface area contributed by atoms with E-state index in [1.54, 1.807) is 0 Å². The Kier molecular flexibility index (Phi) is 90.9. The summed E-state index contributed by atoms with van der Waals surface area (Å²) in [6.07, 6.45) is 22.1. The van der Waals surface area contributed by atoms with E-state index in [0.717, 1.165) is 13.0 Å². The van der Waals surface area contributed by atoms with Gasteiger partial charge >= 0.3 is 0 Å². The van der Waals surface area contributed by atoms with Crippen molar-refractivity contribution in [3.63, 3.8) is 0 Å². The molecule has 0 saturated heterocycles. The molecule has 94 heavy (non-hydrogen) atoms. The van der Waals surface area contributed by atoms with Crippen LogP contribution in [0.5, 0.6) is 0 Å². The van der Waals surface area contributed by atoms with E-state index in [1.165, 1.54) is 96.3 Å². The van der Waals surface area contributed by atoms with Crippen molar-refractivity contribution >= 4 is 0 Å². The predicted octanol–water partition coefficient (Wildman–Crippen LogP) is 6.62. The maximum Gasteiger partial charge on any atom is 0.0701 e. The quantitative estimate of drug-likeness (QED) is 0.0627. The second-order valence-electron chi connectivity index (χ2n) is 21.4. The second kappa shape index (κ2) is 92.0. The molecule has 0 fully saturated rings. The van der Waals surface area contributed by atoms with Crippen LogP contribution in [0.3, 0.4) is 0 Å². The first-order valence-electron chi connectivity index (χ1n) is 36.0. The van der Waals surface area contributed by atoms with Crippen LogP contribution >= 0.6 is 0 Å². The molecule has 0 aromatic carbocycles. The largest absolute Gasteiger partial charge is 0.379 e. The molecule has 0 aliphatic heterocycles. The van der Waals surface area contributed by atoms with E-state index in [9.17, 15) is 0 Å². The van der Waals surface area contributed by atoms with Crippen LogP contribution in [0.15, 0.2) is 0 Å². The molecule has 0 aliphatic rings. The van der Waals surface area contributed by atoms with Gasteiger partial charge in [-0.3, -0.25) is 0 Å². The number of hydrogen-bond acceptors (Lipinski definition) is 26. The zero-order valence-corrected chi connectivity index (χ0v) is 59.2. The van der Waals surface area contributed by atoms with Gasteiger partial charge in [-0.1, -0.05) is 103 Å². The van der Waals surface area contributed by atoms with Gasteiger partial charge in [-0.25, -0.2) is 0 Å². The van der Waals surface area contributed by atoms with Crippen LogP contribution in [0, 0.1) is 0 Å². The van der Waals surface area contributed by atoms with Crippen molar-refractivity contribution in [2.45, 2.75) is 110 Å².